The maximum absolute atomic E-state index is 12.8. The van der Waals surface area contributed by atoms with Gasteiger partial charge in [0.25, 0.3) is 0 Å². The Bertz CT molecular complexity index is 1250. The van der Waals surface area contributed by atoms with Crippen LogP contribution in [0.25, 0.3) is 21.9 Å². The van der Waals surface area contributed by atoms with Gasteiger partial charge in [-0.15, -0.1) is 0 Å². The lowest BCUT2D eigenvalue weighted by Gasteiger charge is -2.31. The number of benzene rings is 2. The summed E-state index contributed by atoms with van der Waals surface area (Å²) in [5, 5.41) is 10.9. The smallest absolute Gasteiger partial charge is 0.329 e. The zero-order valence-electron chi connectivity index (χ0n) is 16.3. The van der Waals surface area contributed by atoms with Crippen LogP contribution in [-0.2, 0) is 13.6 Å². The Labute approximate surface area is 167 Å². The Morgan fingerprint density at radius 1 is 1.00 bits per heavy atom. The van der Waals surface area contributed by atoms with Gasteiger partial charge >= 0.3 is 5.69 Å². The monoisotopic (exact) mass is 389 g/mol. The van der Waals surface area contributed by atoms with Gasteiger partial charge in [0.05, 0.1) is 29.2 Å². The predicted octanol–water partition coefficient (Wildman–Crippen LogP) is 2.29. The van der Waals surface area contributed by atoms with Gasteiger partial charge in [0.1, 0.15) is 5.82 Å². The first-order valence-electron chi connectivity index (χ1n) is 9.95. The molecule has 4 aromatic rings. The first-order chi connectivity index (χ1) is 14.1. The third kappa shape index (κ3) is 3.07. The third-order valence-electron chi connectivity index (χ3n) is 5.74. The van der Waals surface area contributed by atoms with E-state index in [0.29, 0.717) is 12.4 Å². The summed E-state index contributed by atoms with van der Waals surface area (Å²) in [6.45, 7) is 1.83. The minimum absolute atomic E-state index is 0.0781. The molecule has 0 bridgehead atoms. The van der Waals surface area contributed by atoms with Crippen LogP contribution in [0.2, 0.25) is 0 Å². The van der Waals surface area contributed by atoms with E-state index in [1.54, 1.807) is 16.2 Å². The van der Waals surface area contributed by atoms with Crippen molar-refractivity contribution in [1.82, 2.24) is 19.1 Å². The average Bonchev–Trinajstić information content (AvgIpc) is 2.99. The second-order valence-electron chi connectivity index (χ2n) is 7.62. The molecule has 3 heterocycles. The first kappa shape index (κ1) is 17.9. The van der Waals surface area contributed by atoms with E-state index in [-0.39, 0.29) is 11.8 Å². The van der Waals surface area contributed by atoms with Crippen molar-refractivity contribution in [3.63, 3.8) is 0 Å². The fourth-order valence-electron chi connectivity index (χ4n) is 4.15. The highest BCUT2D eigenvalue weighted by atomic mass is 16.3. The maximum atomic E-state index is 12.8. The van der Waals surface area contributed by atoms with Crippen LogP contribution in [0.3, 0.4) is 0 Å². The number of rotatable bonds is 3. The molecule has 2 aromatic heterocycles. The number of nitrogens with zero attached hydrogens (tertiary/aromatic N) is 5. The minimum atomic E-state index is -0.243. The molecule has 7 nitrogen and oxygen atoms in total. The molecule has 29 heavy (non-hydrogen) atoms. The van der Waals surface area contributed by atoms with Crippen molar-refractivity contribution >= 4 is 27.8 Å². The molecule has 148 valence electrons. The summed E-state index contributed by atoms with van der Waals surface area (Å²) in [6.07, 6.45) is 1.22. The van der Waals surface area contributed by atoms with Crippen LogP contribution >= 0.6 is 0 Å². The highest BCUT2D eigenvalue weighted by Gasteiger charge is 2.21. The number of hydrogen-bond donors (Lipinski definition) is 1. The molecule has 0 saturated carbocycles. The highest BCUT2D eigenvalue weighted by Crippen LogP contribution is 2.27. The summed E-state index contributed by atoms with van der Waals surface area (Å²) >= 11 is 0. The SMILES string of the molecule is Cn1c(=O)n(Cc2nc(N3CCC(O)CC3)c3ccccc3n2)c2ccccc21. The number of hydrogen-bond acceptors (Lipinski definition) is 5. The molecule has 1 aliphatic rings. The van der Waals surface area contributed by atoms with E-state index in [9.17, 15) is 9.90 Å². The topological polar surface area (TPSA) is 76.2 Å². The Hall–Kier alpha value is -3.19. The molecule has 1 aliphatic heterocycles. The molecule has 0 aliphatic carbocycles. The Morgan fingerprint density at radius 3 is 2.48 bits per heavy atom. The molecule has 7 heteroatoms. The average molecular weight is 389 g/mol. The standard InChI is InChI=1S/C22H23N5O2/c1-25-18-8-4-5-9-19(18)27(22(25)29)14-20-23-17-7-3-2-6-16(17)21(24-20)26-12-10-15(28)11-13-26/h2-9,15,28H,10-14H2,1H3. The molecule has 1 saturated heterocycles. The van der Waals surface area contributed by atoms with Gasteiger partial charge in [-0.3, -0.25) is 9.13 Å². The van der Waals surface area contributed by atoms with Gasteiger partial charge < -0.3 is 10.0 Å². The van der Waals surface area contributed by atoms with Crippen LogP contribution in [0.5, 0.6) is 0 Å². The zero-order chi connectivity index (χ0) is 20.0. The number of fused-ring (bicyclic) bond motifs is 2. The fourth-order valence-corrected chi connectivity index (χ4v) is 4.15. The number of anilines is 1. The van der Waals surface area contributed by atoms with E-state index >= 15 is 0 Å². The Kier molecular flexibility index (Phi) is 4.32. The van der Waals surface area contributed by atoms with Crippen molar-refractivity contribution in [1.29, 1.82) is 0 Å². The number of para-hydroxylation sites is 3. The first-order valence-corrected chi connectivity index (χ1v) is 9.95. The lowest BCUT2D eigenvalue weighted by atomic mass is 10.1. The molecule has 5 rings (SSSR count). The van der Waals surface area contributed by atoms with E-state index in [1.807, 2.05) is 48.5 Å². The molecule has 1 N–H and O–H groups in total. The van der Waals surface area contributed by atoms with Crippen LogP contribution in [0.1, 0.15) is 18.7 Å². The number of piperidine rings is 1. The molecule has 0 amide bonds. The van der Waals surface area contributed by atoms with E-state index < -0.39 is 0 Å². The van der Waals surface area contributed by atoms with Crippen LogP contribution < -0.4 is 10.6 Å². The summed E-state index contributed by atoms with van der Waals surface area (Å²) in [5.74, 6) is 1.49. The van der Waals surface area contributed by atoms with Crippen LogP contribution in [0.15, 0.2) is 53.3 Å². The molecular weight excluding hydrogens is 366 g/mol. The molecule has 0 radical (unpaired) electrons. The van der Waals surface area contributed by atoms with E-state index in [1.165, 1.54) is 0 Å². The maximum Gasteiger partial charge on any atom is 0.329 e. The lowest BCUT2D eigenvalue weighted by molar-refractivity contribution is 0.145. The summed E-state index contributed by atoms with van der Waals surface area (Å²) in [4.78, 5) is 24.6. The van der Waals surface area contributed by atoms with Gasteiger partial charge in [-0.2, -0.15) is 0 Å². The van der Waals surface area contributed by atoms with Gasteiger partial charge in [0.15, 0.2) is 5.82 Å². The van der Waals surface area contributed by atoms with E-state index in [4.69, 9.17) is 9.97 Å². The summed E-state index contributed by atoms with van der Waals surface area (Å²) in [6, 6.07) is 15.7. The molecule has 0 atom stereocenters. The second-order valence-corrected chi connectivity index (χ2v) is 7.62. The molecular formula is C22H23N5O2. The van der Waals surface area contributed by atoms with Crippen LogP contribution in [0.4, 0.5) is 5.82 Å². The van der Waals surface area contributed by atoms with Gasteiger partial charge in [0, 0.05) is 25.5 Å². The molecule has 0 spiro atoms. The Balaban J connectivity index is 1.62. The van der Waals surface area contributed by atoms with E-state index in [2.05, 4.69) is 4.90 Å². The quantitative estimate of drug-likeness (QED) is 0.582. The summed E-state index contributed by atoms with van der Waals surface area (Å²) in [7, 11) is 1.78. The highest BCUT2D eigenvalue weighted by molar-refractivity contribution is 5.89. The van der Waals surface area contributed by atoms with Crippen molar-refractivity contribution in [2.24, 2.45) is 7.05 Å². The minimum Gasteiger partial charge on any atom is -0.393 e. The van der Waals surface area contributed by atoms with Gasteiger partial charge in [-0.05, 0) is 37.1 Å². The number of aliphatic hydroxyl groups excluding tert-OH is 1. The van der Waals surface area contributed by atoms with Crippen molar-refractivity contribution in [3.8, 4) is 0 Å². The predicted molar refractivity (Wildman–Crippen MR) is 113 cm³/mol. The van der Waals surface area contributed by atoms with Gasteiger partial charge in [0.2, 0.25) is 0 Å². The van der Waals surface area contributed by atoms with Crippen LogP contribution in [-0.4, -0.2) is 43.4 Å². The Morgan fingerprint density at radius 2 is 1.69 bits per heavy atom. The van der Waals surface area contributed by atoms with E-state index in [0.717, 1.165) is 53.7 Å². The van der Waals surface area contributed by atoms with Crippen molar-refractivity contribution in [3.05, 3.63) is 64.8 Å². The number of aliphatic hydroxyl groups is 1. The largest absolute Gasteiger partial charge is 0.393 e. The van der Waals surface area contributed by atoms with Gasteiger partial charge in [-0.1, -0.05) is 24.3 Å². The number of imidazole rings is 1. The normalized spacial score (nSPS) is 15.4. The van der Waals surface area contributed by atoms with Crippen molar-refractivity contribution in [2.75, 3.05) is 18.0 Å². The number of aryl methyl sites for hydroxylation is 1. The van der Waals surface area contributed by atoms with Crippen molar-refractivity contribution in [2.45, 2.75) is 25.5 Å². The fraction of sp³-hybridized carbons (Fsp3) is 0.318. The second kappa shape index (κ2) is 7.00. The molecule has 2 aromatic carbocycles. The molecule has 0 unspecified atom stereocenters. The zero-order valence-corrected chi connectivity index (χ0v) is 16.3. The van der Waals surface area contributed by atoms with Gasteiger partial charge in [-0.25, -0.2) is 14.8 Å². The molecule has 1 fully saturated rings. The summed E-state index contributed by atoms with van der Waals surface area (Å²) < 4.78 is 3.38. The summed E-state index contributed by atoms with van der Waals surface area (Å²) in [5.41, 5.74) is 2.56. The third-order valence-corrected chi connectivity index (χ3v) is 5.74. The lowest BCUT2D eigenvalue weighted by Crippen LogP contribution is -2.36. The number of aromatic nitrogens is 4. The van der Waals surface area contributed by atoms with Crippen LogP contribution in [0, 0.1) is 0 Å². The van der Waals surface area contributed by atoms with Crippen molar-refractivity contribution < 1.29 is 5.11 Å².